The molecule has 0 heterocycles. The van der Waals surface area contributed by atoms with Crippen LogP contribution >= 0.6 is 0 Å². The Morgan fingerprint density at radius 2 is 1.61 bits per heavy atom. The van der Waals surface area contributed by atoms with Crippen LogP contribution < -0.4 is 14.8 Å². The van der Waals surface area contributed by atoms with Gasteiger partial charge in [0.2, 0.25) is 11.8 Å². The first-order chi connectivity index (χ1) is 14.9. The van der Waals surface area contributed by atoms with E-state index in [2.05, 4.69) is 5.32 Å². The topological polar surface area (TPSA) is 67.9 Å². The number of ether oxygens (including phenoxy) is 2. The number of halogens is 1. The van der Waals surface area contributed by atoms with Gasteiger partial charge in [-0.15, -0.1) is 0 Å². The van der Waals surface area contributed by atoms with Crippen molar-refractivity contribution in [1.29, 1.82) is 0 Å². The van der Waals surface area contributed by atoms with Gasteiger partial charge in [0.15, 0.2) is 11.5 Å². The molecule has 2 amide bonds. The van der Waals surface area contributed by atoms with E-state index < -0.39 is 6.04 Å². The molecule has 0 aliphatic rings. The van der Waals surface area contributed by atoms with Crippen molar-refractivity contribution in [2.24, 2.45) is 0 Å². The standard InChI is InChI=1S/C24H31FN2O4/c1-5-30-21-13-9-18(15-22(21)31-6-2)10-14-23(28)27(17(3)24(29)26-4)16-19-7-11-20(25)12-8-19/h7-9,11-13,15,17H,5-6,10,14,16H2,1-4H3,(H,26,29)/t17-/m1/s1. The minimum atomic E-state index is -0.651. The second-order valence-electron chi connectivity index (χ2n) is 7.09. The van der Waals surface area contributed by atoms with E-state index >= 15 is 0 Å². The van der Waals surface area contributed by atoms with Crippen LogP contribution in [0.2, 0.25) is 0 Å². The van der Waals surface area contributed by atoms with Crippen LogP contribution in [0.5, 0.6) is 11.5 Å². The molecule has 2 aromatic rings. The van der Waals surface area contributed by atoms with E-state index in [9.17, 15) is 14.0 Å². The molecule has 2 aromatic carbocycles. The van der Waals surface area contributed by atoms with Crippen LogP contribution in [0, 0.1) is 5.82 Å². The average Bonchev–Trinajstić information content (AvgIpc) is 2.77. The lowest BCUT2D eigenvalue weighted by Crippen LogP contribution is -2.46. The molecule has 6 nitrogen and oxygen atoms in total. The van der Waals surface area contributed by atoms with Crippen molar-refractivity contribution in [3.63, 3.8) is 0 Å². The second kappa shape index (κ2) is 11.9. The van der Waals surface area contributed by atoms with Crippen LogP contribution in [0.1, 0.15) is 38.3 Å². The molecule has 0 spiro atoms. The molecule has 31 heavy (non-hydrogen) atoms. The molecular formula is C24H31FN2O4. The van der Waals surface area contributed by atoms with E-state index in [4.69, 9.17) is 9.47 Å². The summed E-state index contributed by atoms with van der Waals surface area (Å²) in [6.07, 6.45) is 0.716. The number of rotatable bonds is 11. The largest absolute Gasteiger partial charge is 0.490 e. The van der Waals surface area contributed by atoms with Crippen LogP contribution in [0.3, 0.4) is 0 Å². The number of amides is 2. The van der Waals surface area contributed by atoms with E-state index in [0.29, 0.717) is 31.1 Å². The zero-order chi connectivity index (χ0) is 22.8. The number of nitrogens with zero attached hydrogens (tertiary/aromatic N) is 1. The lowest BCUT2D eigenvalue weighted by Gasteiger charge is -2.28. The smallest absolute Gasteiger partial charge is 0.242 e. The van der Waals surface area contributed by atoms with E-state index in [1.807, 2.05) is 32.0 Å². The molecule has 0 aliphatic heterocycles. The monoisotopic (exact) mass is 430 g/mol. The molecule has 0 saturated heterocycles. The molecule has 0 saturated carbocycles. The molecule has 0 aromatic heterocycles. The fourth-order valence-electron chi connectivity index (χ4n) is 3.22. The SMILES string of the molecule is CCOc1ccc(CCC(=O)N(Cc2ccc(F)cc2)[C@H](C)C(=O)NC)cc1OCC. The number of likely N-dealkylation sites (N-methyl/N-ethyl adjacent to an activating group) is 1. The number of benzene rings is 2. The Balaban J connectivity index is 2.14. The summed E-state index contributed by atoms with van der Waals surface area (Å²) in [7, 11) is 1.54. The van der Waals surface area contributed by atoms with Crippen LogP contribution in [0.25, 0.3) is 0 Å². The quantitative estimate of drug-likeness (QED) is 0.590. The zero-order valence-corrected chi connectivity index (χ0v) is 18.6. The summed E-state index contributed by atoms with van der Waals surface area (Å²) in [6, 6.07) is 10.9. The third-order valence-electron chi connectivity index (χ3n) is 4.92. The van der Waals surface area contributed by atoms with Gasteiger partial charge >= 0.3 is 0 Å². The third kappa shape index (κ3) is 6.98. The summed E-state index contributed by atoms with van der Waals surface area (Å²) in [5.41, 5.74) is 1.69. The second-order valence-corrected chi connectivity index (χ2v) is 7.09. The van der Waals surface area contributed by atoms with E-state index in [1.165, 1.54) is 24.1 Å². The number of carbonyl (C=O) groups is 2. The molecule has 0 unspecified atom stereocenters. The summed E-state index contributed by atoms with van der Waals surface area (Å²) >= 11 is 0. The third-order valence-corrected chi connectivity index (χ3v) is 4.92. The van der Waals surface area contributed by atoms with Crippen molar-refractivity contribution >= 4 is 11.8 Å². The first kappa shape index (κ1) is 24.2. The first-order valence-corrected chi connectivity index (χ1v) is 10.5. The van der Waals surface area contributed by atoms with Gasteiger partial charge in [-0.1, -0.05) is 18.2 Å². The molecule has 0 aliphatic carbocycles. The molecule has 2 rings (SSSR count). The van der Waals surface area contributed by atoms with Gasteiger partial charge in [-0.05, 0) is 62.6 Å². The molecule has 7 heteroatoms. The highest BCUT2D eigenvalue weighted by molar-refractivity contribution is 5.87. The van der Waals surface area contributed by atoms with Crippen molar-refractivity contribution in [2.75, 3.05) is 20.3 Å². The van der Waals surface area contributed by atoms with Crippen molar-refractivity contribution < 1.29 is 23.5 Å². The minimum absolute atomic E-state index is 0.160. The normalized spacial score (nSPS) is 11.5. The van der Waals surface area contributed by atoms with Gasteiger partial charge in [-0.2, -0.15) is 0 Å². The summed E-state index contributed by atoms with van der Waals surface area (Å²) in [5.74, 6) is 0.561. The lowest BCUT2D eigenvalue weighted by atomic mass is 10.1. The van der Waals surface area contributed by atoms with Crippen LogP contribution in [-0.4, -0.2) is 43.0 Å². The summed E-state index contributed by atoms with van der Waals surface area (Å²) in [5, 5.41) is 2.59. The predicted molar refractivity (Wildman–Crippen MR) is 118 cm³/mol. The fraction of sp³-hybridized carbons (Fsp3) is 0.417. The van der Waals surface area contributed by atoms with Gasteiger partial charge in [0.1, 0.15) is 11.9 Å². The van der Waals surface area contributed by atoms with Gasteiger partial charge < -0.3 is 19.7 Å². The zero-order valence-electron chi connectivity index (χ0n) is 18.6. The molecule has 0 radical (unpaired) electrons. The highest BCUT2D eigenvalue weighted by Crippen LogP contribution is 2.29. The van der Waals surface area contributed by atoms with Gasteiger partial charge in [0, 0.05) is 20.0 Å². The number of carbonyl (C=O) groups excluding carboxylic acids is 2. The number of hydrogen-bond donors (Lipinski definition) is 1. The van der Waals surface area contributed by atoms with Crippen molar-refractivity contribution in [3.05, 3.63) is 59.4 Å². The highest BCUT2D eigenvalue weighted by Gasteiger charge is 2.25. The molecule has 0 fully saturated rings. The Kier molecular flexibility index (Phi) is 9.31. The van der Waals surface area contributed by atoms with E-state index in [-0.39, 0.29) is 30.6 Å². The molecule has 168 valence electrons. The Bertz CT molecular complexity index is 870. The van der Waals surface area contributed by atoms with Crippen molar-refractivity contribution in [1.82, 2.24) is 10.2 Å². The summed E-state index contributed by atoms with van der Waals surface area (Å²) in [4.78, 5) is 26.8. The summed E-state index contributed by atoms with van der Waals surface area (Å²) in [6.45, 7) is 6.77. The molecule has 1 atom stereocenters. The number of hydrogen-bond acceptors (Lipinski definition) is 4. The Labute approximate surface area is 183 Å². The maximum atomic E-state index is 13.2. The average molecular weight is 431 g/mol. The highest BCUT2D eigenvalue weighted by atomic mass is 19.1. The molecule has 0 bridgehead atoms. The van der Waals surface area contributed by atoms with Crippen molar-refractivity contribution in [3.8, 4) is 11.5 Å². The summed E-state index contributed by atoms with van der Waals surface area (Å²) < 4.78 is 24.5. The Morgan fingerprint density at radius 3 is 2.23 bits per heavy atom. The Hall–Kier alpha value is -3.09. The van der Waals surface area contributed by atoms with Gasteiger partial charge in [0.25, 0.3) is 0 Å². The van der Waals surface area contributed by atoms with Crippen LogP contribution in [-0.2, 0) is 22.6 Å². The lowest BCUT2D eigenvalue weighted by molar-refractivity contribution is -0.140. The Morgan fingerprint density at radius 1 is 1.00 bits per heavy atom. The maximum Gasteiger partial charge on any atom is 0.242 e. The van der Waals surface area contributed by atoms with Gasteiger partial charge in [-0.3, -0.25) is 9.59 Å². The van der Waals surface area contributed by atoms with E-state index in [0.717, 1.165) is 11.1 Å². The molecule has 1 N–H and O–H groups in total. The van der Waals surface area contributed by atoms with Gasteiger partial charge in [0.05, 0.1) is 13.2 Å². The minimum Gasteiger partial charge on any atom is -0.490 e. The fourth-order valence-corrected chi connectivity index (χ4v) is 3.22. The van der Waals surface area contributed by atoms with Crippen molar-refractivity contribution in [2.45, 2.75) is 46.2 Å². The predicted octanol–water partition coefficient (Wildman–Crippen LogP) is 3.72. The van der Waals surface area contributed by atoms with E-state index in [1.54, 1.807) is 19.1 Å². The maximum absolute atomic E-state index is 13.2. The molecular weight excluding hydrogens is 399 g/mol. The van der Waals surface area contributed by atoms with Gasteiger partial charge in [-0.25, -0.2) is 4.39 Å². The number of nitrogens with one attached hydrogen (secondary N) is 1. The van der Waals surface area contributed by atoms with Crippen LogP contribution in [0.15, 0.2) is 42.5 Å². The first-order valence-electron chi connectivity index (χ1n) is 10.5. The number of aryl methyl sites for hydroxylation is 1. The van der Waals surface area contributed by atoms with Crippen LogP contribution in [0.4, 0.5) is 4.39 Å².